The van der Waals surface area contributed by atoms with E-state index in [2.05, 4.69) is 15.5 Å². The first kappa shape index (κ1) is 21.6. The molecule has 2 amide bonds. The van der Waals surface area contributed by atoms with Gasteiger partial charge in [-0.3, -0.25) is 19.8 Å². The van der Waals surface area contributed by atoms with Gasteiger partial charge in [-0.15, -0.1) is 21.8 Å². The van der Waals surface area contributed by atoms with Crippen LogP contribution in [0.3, 0.4) is 0 Å². The van der Waals surface area contributed by atoms with Gasteiger partial charge in [0.15, 0.2) is 4.32 Å². The fraction of sp³-hybridized carbons (Fsp3) is 0.0952. The summed E-state index contributed by atoms with van der Waals surface area (Å²) in [5.74, 6) is -0.532. The van der Waals surface area contributed by atoms with Gasteiger partial charge in [-0.1, -0.05) is 83.8 Å². The van der Waals surface area contributed by atoms with Crippen molar-refractivity contribution in [2.45, 2.75) is 12.3 Å². The molecule has 1 aliphatic rings. The van der Waals surface area contributed by atoms with Crippen LogP contribution in [0.5, 0.6) is 0 Å². The SMILES string of the molecule is O=C(Nc1nnc(CCl)s1)/C(Cc1ccccc1)=C1/SC(=S)N(c2ccccc2)C1=O. The molecule has 0 unspecified atom stereocenters. The summed E-state index contributed by atoms with van der Waals surface area (Å²) in [6.45, 7) is 0. The highest BCUT2D eigenvalue weighted by Crippen LogP contribution is 2.37. The number of anilines is 2. The molecule has 0 saturated carbocycles. The van der Waals surface area contributed by atoms with Gasteiger partial charge in [-0.25, -0.2) is 0 Å². The Balaban J connectivity index is 1.70. The van der Waals surface area contributed by atoms with E-state index >= 15 is 0 Å². The number of thiocarbonyl (C=S) groups is 1. The number of amides is 2. The average molecular weight is 487 g/mol. The van der Waals surface area contributed by atoms with Crippen LogP contribution in [-0.2, 0) is 21.9 Å². The zero-order valence-electron chi connectivity index (χ0n) is 15.9. The lowest BCUT2D eigenvalue weighted by Gasteiger charge is -2.14. The number of nitrogens with one attached hydrogen (secondary N) is 1. The molecule has 0 radical (unpaired) electrons. The summed E-state index contributed by atoms with van der Waals surface area (Å²) >= 11 is 13.6. The Morgan fingerprint density at radius 2 is 1.74 bits per heavy atom. The lowest BCUT2D eigenvalue weighted by atomic mass is 10.0. The summed E-state index contributed by atoms with van der Waals surface area (Å²) in [5, 5.41) is 11.5. The summed E-state index contributed by atoms with van der Waals surface area (Å²) in [4.78, 5) is 28.3. The molecule has 156 valence electrons. The Kier molecular flexibility index (Phi) is 6.77. The summed E-state index contributed by atoms with van der Waals surface area (Å²) in [5.41, 5.74) is 1.89. The predicted molar refractivity (Wildman–Crippen MR) is 129 cm³/mol. The van der Waals surface area contributed by atoms with Crippen molar-refractivity contribution in [3.05, 3.63) is 81.7 Å². The van der Waals surface area contributed by atoms with E-state index in [-0.39, 0.29) is 18.2 Å². The van der Waals surface area contributed by atoms with Gasteiger partial charge in [0.25, 0.3) is 11.8 Å². The lowest BCUT2D eigenvalue weighted by molar-refractivity contribution is -0.115. The normalized spacial score (nSPS) is 15.3. The zero-order chi connectivity index (χ0) is 21.8. The number of alkyl halides is 1. The first-order valence-corrected chi connectivity index (χ1v) is 11.7. The highest BCUT2D eigenvalue weighted by molar-refractivity contribution is 8.27. The molecule has 1 saturated heterocycles. The highest BCUT2D eigenvalue weighted by Gasteiger charge is 2.37. The number of carbonyl (C=O) groups excluding carboxylic acids is 2. The van der Waals surface area contributed by atoms with Crippen molar-refractivity contribution in [3.8, 4) is 0 Å². The molecule has 0 aliphatic carbocycles. The number of para-hydroxylation sites is 1. The molecule has 3 aromatic rings. The number of hydrogen-bond acceptors (Lipinski definition) is 7. The third-order valence-corrected chi connectivity index (χ3v) is 7.02. The number of aromatic nitrogens is 2. The predicted octanol–water partition coefficient (Wildman–Crippen LogP) is 4.78. The zero-order valence-corrected chi connectivity index (χ0v) is 19.2. The van der Waals surface area contributed by atoms with E-state index in [0.717, 1.165) is 17.3 Å². The molecule has 1 aromatic heterocycles. The minimum Gasteiger partial charge on any atom is -0.297 e. The van der Waals surface area contributed by atoms with Gasteiger partial charge >= 0.3 is 0 Å². The topological polar surface area (TPSA) is 75.2 Å². The summed E-state index contributed by atoms with van der Waals surface area (Å²) in [6, 6.07) is 18.6. The molecule has 1 N–H and O–H groups in total. The third-order valence-electron chi connectivity index (χ3n) is 4.36. The van der Waals surface area contributed by atoms with Crippen LogP contribution in [0.1, 0.15) is 10.6 Å². The van der Waals surface area contributed by atoms with Gasteiger partial charge in [0.05, 0.1) is 16.5 Å². The van der Waals surface area contributed by atoms with Crippen molar-refractivity contribution in [2.24, 2.45) is 0 Å². The Hall–Kier alpha value is -2.59. The van der Waals surface area contributed by atoms with E-state index in [4.69, 9.17) is 23.8 Å². The number of thioether (sulfide) groups is 1. The number of rotatable bonds is 6. The molecule has 2 heterocycles. The Morgan fingerprint density at radius 3 is 2.39 bits per heavy atom. The van der Waals surface area contributed by atoms with Gasteiger partial charge in [0.2, 0.25) is 5.13 Å². The lowest BCUT2D eigenvalue weighted by Crippen LogP contribution is -2.28. The highest BCUT2D eigenvalue weighted by atomic mass is 35.5. The second kappa shape index (κ2) is 9.69. The van der Waals surface area contributed by atoms with Crippen molar-refractivity contribution in [3.63, 3.8) is 0 Å². The number of carbonyl (C=O) groups is 2. The molecule has 4 rings (SSSR count). The Labute approximate surface area is 197 Å². The van der Waals surface area contributed by atoms with Gasteiger partial charge in [-0.2, -0.15) is 0 Å². The van der Waals surface area contributed by atoms with Gasteiger partial charge in [-0.05, 0) is 17.7 Å². The fourth-order valence-corrected chi connectivity index (χ4v) is 5.11. The number of benzene rings is 2. The van der Waals surface area contributed by atoms with Crippen LogP contribution in [0, 0.1) is 0 Å². The van der Waals surface area contributed by atoms with Crippen molar-refractivity contribution in [1.29, 1.82) is 0 Å². The van der Waals surface area contributed by atoms with Crippen LogP contribution in [-0.4, -0.2) is 26.3 Å². The molecule has 2 aromatic carbocycles. The minimum absolute atomic E-state index is 0.208. The van der Waals surface area contributed by atoms with E-state index in [1.807, 2.05) is 48.5 Å². The van der Waals surface area contributed by atoms with Gasteiger partial charge in [0, 0.05) is 12.0 Å². The second-order valence-corrected chi connectivity index (χ2v) is 9.38. The summed E-state index contributed by atoms with van der Waals surface area (Å²) in [7, 11) is 0. The molecule has 0 spiro atoms. The maximum absolute atomic E-state index is 13.3. The largest absolute Gasteiger partial charge is 0.297 e. The first-order valence-electron chi connectivity index (χ1n) is 9.15. The van der Waals surface area contributed by atoms with E-state index in [1.54, 1.807) is 12.1 Å². The number of halogens is 1. The average Bonchev–Trinajstić information content (AvgIpc) is 3.36. The van der Waals surface area contributed by atoms with E-state index in [9.17, 15) is 9.59 Å². The fourth-order valence-electron chi connectivity index (χ4n) is 2.95. The van der Waals surface area contributed by atoms with E-state index in [0.29, 0.717) is 30.6 Å². The summed E-state index contributed by atoms with van der Waals surface area (Å²) < 4.78 is 0.380. The van der Waals surface area contributed by atoms with Crippen molar-refractivity contribution >= 4 is 73.9 Å². The van der Waals surface area contributed by atoms with E-state index < -0.39 is 5.91 Å². The van der Waals surface area contributed by atoms with Crippen molar-refractivity contribution in [2.75, 3.05) is 10.2 Å². The molecular weight excluding hydrogens is 472 g/mol. The third kappa shape index (κ3) is 4.85. The molecule has 0 bridgehead atoms. The number of hydrogen-bond donors (Lipinski definition) is 1. The maximum atomic E-state index is 13.3. The molecule has 1 aliphatic heterocycles. The quantitative estimate of drug-likeness (QED) is 0.307. The first-order chi connectivity index (χ1) is 15.1. The van der Waals surface area contributed by atoms with Crippen LogP contribution in [0.4, 0.5) is 10.8 Å². The Bertz CT molecular complexity index is 1170. The molecular formula is C21H15ClN4O2S3. The standard InChI is InChI=1S/C21H15ClN4O2S3/c22-12-16-24-25-20(30-16)23-18(27)15(11-13-7-3-1-4-8-13)17-19(28)26(21(29)31-17)14-9-5-2-6-10-14/h1-10H,11-12H2,(H,23,25,27)/b17-15+. The van der Waals surface area contributed by atoms with Crippen LogP contribution >= 0.6 is 46.9 Å². The van der Waals surface area contributed by atoms with Gasteiger partial charge in [0.1, 0.15) is 5.01 Å². The monoisotopic (exact) mass is 486 g/mol. The van der Waals surface area contributed by atoms with Crippen LogP contribution in [0.25, 0.3) is 0 Å². The van der Waals surface area contributed by atoms with Crippen LogP contribution in [0.15, 0.2) is 71.1 Å². The van der Waals surface area contributed by atoms with E-state index in [1.165, 1.54) is 16.2 Å². The molecule has 1 fully saturated rings. The van der Waals surface area contributed by atoms with Gasteiger partial charge < -0.3 is 0 Å². The smallest absolute Gasteiger partial charge is 0.271 e. The number of nitrogens with zero attached hydrogens (tertiary/aromatic N) is 3. The van der Waals surface area contributed by atoms with Crippen molar-refractivity contribution < 1.29 is 9.59 Å². The maximum Gasteiger partial charge on any atom is 0.271 e. The van der Waals surface area contributed by atoms with Crippen molar-refractivity contribution in [1.82, 2.24) is 10.2 Å². The molecule has 10 heteroatoms. The molecule has 6 nitrogen and oxygen atoms in total. The molecule has 31 heavy (non-hydrogen) atoms. The second-order valence-electron chi connectivity index (χ2n) is 6.40. The summed E-state index contributed by atoms with van der Waals surface area (Å²) in [6.07, 6.45) is 0.271. The minimum atomic E-state index is -0.422. The van der Waals surface area contributed by atoms with Crippen LogP contribution < -0.4 is 10.2 Å². The molecule has 0 atom stereocenters. The Morgan fingerprint density at radius 1 is 1.06 bits per heavy atom. The van der Waals surface area contributed by atoms with Crippen LogP contribution in [0.2, 0.25) is 0 Å².